The Kier molecular flexibility index (Phi) is 6.49. The van der Waals surface area contributed by atoms with Gasteiger partial charge < -0.3 is 10.1 Å². The molecule has 0 unspecified atom stereocenters. The maximum atomic E-state index is 12.8. The average Bonchev–Trinajstić information content (AvgIpc) is 2.62. The lowest BCUT2D eigenvalue weighted by atomic mass is 10.1. The molecule has 0 aliphatic rings. The normalized spacial score (nSPS) is 13.5. The van der Waals surface area contributed by atoms with Crippen molar-refractivity contribution < 1.29 is 17.9 Å². The van der Waals surface area contributed by atoms with Crippen molar-refractivity contribution in [2.45, 2.75) is 32.9 Å². The molecule has 0 saturated carbocycles. The van der Waals surface area contributed by atoms with E-state index >= 15 is 0 Å². The third-order valence-corrected chi connectivity index (χ3v) is 5.58. The quantitative estimate of drug-likeness (QED) is 0.788. The van der Waals surface area contributed by atoms with Gasteiger partial charge >= 0.3 is 0 Å². The van der Waals surface area contributed by atoms with Gasteiger partial charge in [-0.25, -0.2) is 8.42 Å². The first kappa shape index (κ1) is 20.8. The number of sulfonamides is 1. The van der Waals surface area contributed by atoms with Gasteiger partial charge in [-0.3, -0.25) is 9.10 Å². The van der Waals surface area contributed by atoms with Gasteiger partial charge in [0.25, 0.3) is 0 Å². The molecule has 0 radical (unpaired) electrons. The van der Waals surface area contributed by atoms with E-state index in [-0.39, 0.29) is 11.9 Å². The maximum absolute atomic E-state index is 12.8. The van der Waals surface area contributed by atoms with Crippen LogP contribution in [0.3, 0.4) is 0 Å². The van der Waals surface area contributed by atoms with Gasteiger partial charge in [0, 0.05) is 5.56 Å². The predicted molar refractivity (Wildman–Crippen MR) is 108 cm³/mol. The highest BCUT2D eigenvalue weighted by Gasteiger charge is 2.30. The molecule has 2 aromatic rings. The summed E-state index contributed by atoms with van der Waals surface area (Å²) in [6, 6.07) is 13.2. The molecule has 1 amide bonds. The van der Waals surface area contributed by atoms with Gasteiger partial charge in [0.1, 0.15) is 11.8 Å². The van der Waals surface area contributed by atoms with Crippen LogP contribution in [-0.2, 0) is 14.8 Å². The van der Waals surface area contributed by atoms with E-state index in [1.165, 1.54) is 0 Å². The summed E-state index contributed by atoms with van der Waals surface area (Å²) in [5, 5.41) is 2.88. The largest absolute Gasteiger partial charge is 0.496 e. The van der Waals surface area contributed by atoms with Gasteiger partial charge in [-0.2, -0.15) is 0 Å². The van der Waals surface area contributed by atoms with E-state index in [1.54, 1.807) is 26.2 Å². The fourth-order valence-electron chi connectivity index (χ4n) is 2.94. The third kappa shape index (κ3) is 5.01. The first-order chi connectivity index (χ1) is 12.6. The standard InChI is InChI=1S/C20H26N2O4S/c1-14-10-12-17(13-11-14)22(27(5,24)25)16(3)20(23)21-15(2)18-8-6-7-9-19(18)26-4/h6-13,15-16H,1-5H3,(H,21,23)/t15-,16+/m0/s1. The lowest BCUT2D eigenvalue weighted by molar-refractivity contribution is -0.122. The molecule has 27 heavy (non-hydrogen) atoms. The number of nitrogens with zero attached hydrogens (tertiary/aromatic N) is 1. The molecule has 7 heteroatoms. The second-order valence-corrected chi connectivity index (χ2v) is 8.40. The Morgan fingerprint density at radius 1 is 1.07 bits per heavy atom. The minimum atomic E-state index is -3.64. The van der Waals surface area contributed by atoms with Crippen molar-refractivity contribution in [3.05, 3.63) is 59.7 Å². The Bertz CT molecular complexity index is 894. The number of para-hydroxylation sites is 1. The molecule has 0 bridgehead atoms. The molecule has 2 aromatic carbocycles. The number of ether oxygens (including phenoxy) is 1. The summed E-state index contributed by atoms with van der Waals surface area (Å²) >= 11 is 0. The van der Waals surface area contributed by atoms with Crippen LogP contribution in [0.4, 0.5) is 5.69 Å². The van der Waals surface area contributed by atoms with Crippen molar-refractivity contribution >= 4 is 21.6 Å². The second-order valence-electron chi connectivity index (χ2n) is 6.54. The maximum Gasteiger partial charge on any atom is 0.244 e. The van der Waals surface area contributed by atoms with Crippen LogP contribution in [0, 0.1) is 6.92 Å². The number of amides is 1. The molecule has 0 aliphatic carbocycles. The number of anilines is 1. The number of nitrogens with one attached hydrogen (secondary N) is 1. The number of rotatable bonds is 7. The smallest absolute Gasteiger partial charge is 0.244 e. The van der Waals surface area contributed by atoms with E-state index in [0.29, 0.717) is 11.4 Å². The molecule has 0 spiro atoms. The van der Waals surface area contributed by atoms with Crippen LogP contribution in [0.5, 0.6) is 5.75 Å². The van der Waals surface area contributed by atoms with E-state index < -0.39 is 16.1 Å². The summed E-state index contributed by atoms with van der Waals surface area (Å²) in [6.07, 6.45) is 1.10. The Morgan fingerprint density at radius 2 is 1.67 bits per heavy atom. The number of aryl methyl sites for hydroxylation is 1. The first-order valence-electron chi connectivity index (χ1n) is 8.64. The van der Waals surface area contributed by atoms with Crippen LogP contribution in [0.2, 0.25) is 0 Å². The van der Waals surface area contributed by atoms with Gasteiger partial charge in [0.15, 0.2) is 0 Å². The van der Waals surface area contributed by atoms with Crippen molar-refractivity contribution in [3.63, 3.8) is 0 Å². The van der Waals surface area contributed by atoms with E-state index in [9.17, 15) is 13.2 Å². The van der Waals surface area contributed by atoms with E-state index in [1.807, 2.05) is 50.2 Å². The van der Waals surface area contributed by atoms with Crippen LogP contribution in [0.15, 0.2) is 48.5 Å². The van der Waals surface area contributed by atoms with Crippen molar-refractivity contribution in [3.8, 4) is 5.75 Å². The summed E-state index contributed by atoms with van der Waals surface area (Å²) in [5.74, 6) is 0.274. The number of methoxy groups -OCH3 is 1. The third-order valence-electron chi connectivity index (χ3n) is 4.34. The summed E-state index contributed by atoms with van der Waals surface area (Å²) in [7, 11) is -2.07. The number of hydrogen-bond acceptors (Lipinski definition) is 4. The summed E-state index contributed by atoms with van der Waals surface area (Å²) in [6.45, 7) is 5.32. The molecule has 0 aromatic heterocycles. The Labute approximate surface area is 161 Å². The number of benzene rings is 2. The zero-order valence-electron chi connectivity index (χ0n) is 16.3. The molecular weight excluding hydrogens is 364 g/mol. The lowest BCUT2D eigenvalue weighted by Gasteiger charge is -2.29. The minimum Gasteiger partial charge on any atom is -0.496 e. The van der Waals surface area contributed by atoms with E-state index in [0.717, 1.165) is 21.7 Å². The highest BCUT2D eigenvalue weighted by molar-refractivity contribution is 7.92. The Balaban J connectivity index is 2.26. The topological polar surface area (TPSA) is 75.7 Å². The van der Waals surface area contributed by atoms with Crippen molar-refractivity contribution in [2.75, 3.05) is 17.7 Å². The van der Waals surface area contributed by atoms with Gasteiger partial charge in [-0.05, 0) is 39.0 Å². The molecule has 2 atom stereocenters. The first-order valence-corrected chi connectivity index (χ1v) is 10.5. The molecule has 1 N–H and O–H groups in total. The summed E-state index contributed by atoms with van der Waals surface area (Å²) < 4.78 is 31.2. The minimum absolute atomic E-state index is 0.337. The van der Waals surface area contributed by atoms with E-state index in [4.69, 9.17) is 4.74 Å². The van der Waals surface area contributed by atoms with Crippen LogP contribution in [0.1, 0.15) is 31.0 Å². The number of carbonyl (C=O) groups excluding carboxylic acids is 1. The highest BCUT2D eigenvalue weighted by atomic mass is 32.2. The fourth-order valence-corrected chi connectivity index (χ4v) is 4.11. The van der Waals surface area contributed by atoms with Gasteiger partial charge in [0.05, 0.1) is 25.1 Å². The van der Waals surface area contributed by atoms with Crippen molar-refractivity contribution in [1.29, 1.82) is 0 Å². The van der Waals surface area contributed by atoms with Crippen molar-refractivity contribution in [2.24, 2.45) is 0 Å². The zero-order valence-corrected chi connectivity index (χ0v) is 17.1. The van der Waals surface area contributed by atoms with Gasteiger partial charge in [-0.1, -0.05) is 35.9 Å². The Morgan fingerprint density at radius 3 is 2.22 bits per heavy atom. The van der Waals surface area contributed by atoms with E-state index in [2.05, 4.69) is 5.32 Å². The van der Waals surface area contributed by atoms with Crippen LogP contribution >= 0.6 is 0 Å². The monoisotopic (exact) mass is 390 g/mol. The molecular formula is C20H26N2O4S. The predicted octanol–water partition coefficient (Wildman–Crippen LogP) is 3.04. The van der Waals surface area contributed by atoms with Crippen LogP contribution < -0.4 is 14.4 Å². The molecule has 146 valence electrons. The zero-order chi connectivity index (χ0) is 20.2. The average molecular weight is 391 g/mol. The molecule has 0 heterocycles. The summed E-state index contributed by atoms with van der Waals surface area (Å²) in [5.41, 5.74) is 2.28. The fraction of sp³-hybridized carbons (Fsp3) is 0.350. The molecule has 6 nitrogen and oxygen atoms in total. The molecule has 2 rings (SSSR count). The molecule has 0 aliphatic heterocycles. The Hall–Kier alpha value is -2.54. The van der Waals surface area contributed by atoms with Gasteiger partial charge in [0.2, 0.25) is 15.9 Å². The SMILES string of the molecule is COc1ccccc1[C@H](C)NC(=O)[C@@H](C)N(c1ccc(C)cc1)S(C)(=O)=O. The molecule has 0 saturated heterocycles. The van der Waals surface area contributed by atoms with Crippen LogP contribution in [0.25, 0.3) is 0 Å². The second kappa shape index (κ2) is 8.43. The van der Waals surface area contributed by atoms with Gasteiger partial charge in [-0.15, -0.1) is 0 Å². The summed E-state index contributed by atoms with van der Waals surface area (Å²) in [4.78, 5) is 12.8. The molecule has 0 fully saturated rings. The lowest BCUT2D eigenvalue weighted by Crippen LogP contribution is -2.48. The number of hydrogen-bond donors (Lipinski definition) is 1. The highest BCUT2D eigenvalue weighted by Crippen LogP contribution is 2.25. The van der Waals surface area contributed by atoms with Crippen LogP contribution in [-0.4, -0.2) is 33.7 Å². The number of carbonyl (C=O) groups is 1. The van der Waals surface area contributed by atoms with Crippen molar-refractivity contribution in [1.82, 2.24) is 5.32 Å².